The maximum Gasteiger partial charge on any atom is 0.328 e. The van der Waals surface area contributed by atoms with Crippen molar-refractivity contribution in [3.63, 3.8) is 0 Å². The van der Waals surface area contributed by atoms with Crippen LogP contribution in [0.5, 0.6) is 0 Å². The van der Waals surface area contributed by atoms with Crippen molar-refractivity contribution >= 4 is 35.5 Å². The largest absolute Gasteiger partial charge is 0.391 e. The van der Waals surface area contributed by atoms with E-state index in [1.54, 1.807) is 0 Å². The minimum Gasteiger partial charge on any atom is -0.391 e. The molecule has 5 heteroatoms. The summed E-state index contributed by atoms with van der Waals surface area (Å²) < 4.78 is 4.46. The summed E-state index contributed by atoms with van der Waals surface area (Å²) in [5.41, 5.74) is 0. The van der Waals surface area contributed by atoms with Crippen molar-refractivity contribution in [1.82, 2.24) is 0 Å². The van der Waals surface area contributed by atoms with Crippen LogP contribution in [0.2, 0.25) is 0 Å². The Kier molecular flexibility index (Phi) is 1.70. The summed E-state index contributed by atoms with van der Waals surface area (Å²) in [5, 5.41) is -0.532. The number of hydrogen-bond acceptors (Lipinski definition) is 5. The first kappa shape index (κ1) is 8.44. The minimum absolute atomic E-state index is 0.0373. The topological polar surface area (TPSA) is 43.4 Å². The fraction of sp³-hybridized carbons (Fsp3) is 0.714. The predicted molar refractivity (Wildman–Crippen MR) is 47.9 cm³/mol. The average molecular weight is 204 g/mol. The SMILES string of the molecule is CC1(C)S[C@@H]2C(=O)OC(=O)[C@@H]2S1. The normalized spacial score (nSPS) is 38.2. The van der Waals surface area contributed by atoms with E-state index in [1.165, 1.54) is 23.5 Å². The summed E-state index contributed by atoms with van der Waals surface area (Å²) in [6.45, 7) is 4.03. The lowest BCUT2D eigenvalue weighted by atomic mass is 10.3. The number of fused-ring (bicyclic) bond motifs is 1. The molecular formula is C7H8O3S2. The van der Waals surface area contributed by atoms with Crippen LogP contribution in [0.1, 0.15) is 13.8 Å². The third kappa shape index (κ3) is 1.15. The molecule has 2 aliphatic heterocycles. The highest BCUT2D eigenvalue weighted by Gasteiger charge is 2.54. The van der Waals surface area contributed by atoms with Crippen molar-refractivity contribution < 1.29 is 14.3 Å². The van der Waals surface area contributed by atoms with Gasteiger partial charge in [0.15, 0.2) is 0 Å². The van der Waals surface area contributed by atoms with E-state index in [2.05, 4.69) is 4.74 Å². The lowest BCUT2D eigenvalue weighted by molar-refractivity contribution is -0.151. The van der Waals surface area contributed by atoms with Gasteiger partial charge >= 0.3 is 11.9 Å². The maximum atomic E-state index is 11.1. The predicted octanol–water partition coefficient (Wildman–Crippen LogP) is 1.02. The van der Waals surface area contributed by atoms with Crippen LogP contribution in [0, 0.1) is 0 Å². The highest BCUT2D eigenvalue weighted by molar-refractivity contribution is 8.22. The van der Waals surface area contributed by atoms with Crippen molar-refractivity contribution in [1.29, 1.82) is 0 Å². The number of carbonyl (C=O) groups is 2. The van der Waals surface area contributed by atoms with Gasteiger partial charge < -0.3 is 4.74 Å². The summed E-state index contributed by atoms with van der Waals surface area (Å²) >= 11 is 3.04. The van der Waals surface area contributed by atoms with Gasteiger partial charge in [0, 0.05) is 0 Å². The van der Waals surface area contributed by atoms with Crippen LogP contribution >= 0.6 is 23.5 Å². The van der Waals surface area contributed by atoms with Crippen LogP contribution in [-0.2, 0) is 14.3 Å². The van der Waals surface area contributed by atoms with Gasteiger partial charge in [0.2, 0.25) is 0 Å². The molecule has 0 unspecified atom stereocenters. The fourth-order valence-electron chi connectivity index (χ4n) is 1.32. The molecule has 0 aromatic heterocycles. The van der Waals surface area contributed by atoms with Gasteiger partial charge in [0.05, 0.1) is 4.08 Å². The molecule has 0 amide bonds. The Labute approximate surface area is 78.6 Å². The van der Waals surface area contributed by atoms with E-state index in [4.69, 9.17) is 0 Å². The van der Waals surface area contributed by atoms with Gasteiger partial charge in [-0.05, 0) is 13.8 Å². The van der Waals surface area contributed by atoms with Crippen LogP contribution in [0.3, 0.4) is 0 Å². The molecule has 2 aliphatic rings. The van der Waals surface area contributed by atoms with Crippen molar-refractivity contribution in [2.24, 2.45) is 0 Å². The highest BCUT2D eigenvalue weighted by Crippen LogP contribution is 2.54. The van der Waals surface area contributed by atoms with Gasteiger partial charge in [-0.1, -0.05) is 0 Å². The molecule has 0 aromatic rings. The van der Waals surface area contributed by atoms with Gasteiger partial charge in [-0.3, -0.25) is 9.59 Å². The third-order valence-corrected chi connectivity index (χ3v) is 5.08. The molecule has 2 atom stereocenters. The summed E-state index contributed by atoms with van der Waals surface area (Å²) in [7, 11) is 0. The molecule has 2 fully saturated rings. The number of carbonyl (C=O) groups excluding carboxylic acids is 2. The molecule has 2 rings (SSSR count). The zero-order valence-corrected chi connectivity index (χ0v) is 8.33. The van der Waals surface area contributed by atoms with E-state index >= 15 is 0 Å². The lowest BCUT2D eigenvalue weighted by Crippen LogP contribution is -2.17. The van der Waals surface area contributed by atoms with E-state index in [-0.39, 0.29) is 26.5 Å². The van der Waals surface area contributed by atoms with E-state index < -0.39 is 0 Å². The average Bonchev–Trinajstić information content (AvgIpc) is 2.34. The Morgan fingerprint density at radius 3 is 2.00 bits per heavy atom. The molecule has 66 valence electrons. The molecule has 3 nitrogen and oxygen atoms in total. The second kappa shape index (κ2) is 2.42. The van der Waals surface area contributed by atoms with E-state index in [0.717, 1.165) is 0 Å². The van der Waals surface area contributed by atoms with Crippen molar-refractivity contribution in [3.05, 3.63) is 0 Å². The number of hydrogen-bond donors (Lipinski definition) is 0. The first-order chi connectivity index (χ1) is 5.49. The molecule has 0 aliphatic carbocycles. The van der Waals surface area contributed by atoms with Gasteiger partial charge in [-0.15, -0.1) is 23.5 Å². The summed E-state index contributed by atoms with van der Waals surface area (Å²) in [5.74, 6) is -0.735. The third-order valence-electron chi connectivity index (χ3n) is 1.76. The zero-order valence-electron chi connectivity index (χ0n) is 6.70. The lowest BCUT2D eigenvalue weighted by Gasteiger charge is -2.15. The minimum atomic E-state index is -0.368. The summed E-state index contributed by atoms with van der Waals surface area (Å²) in [6.07, 6.45) is 0. The molecule has 0 bridgehead atoms. The molecular weight excluding hydrogens is 196 g/mol. The Balaban J connectivity index is 2.26. The summed E-state index contributed by atoms with van der Waals surface area (Å²) in [4.78, 5) is 22.2. The monoisotopic (exact) mass is 204 g/mol. The zero-order chi connectivity index (χ0) is 8.93. The van der Waals surface area contributed by atoms with Crippen LogP contribution in [0.25, 0.3) is 0 Å². The molecule has 2 heterocycles. The Hall–Kier alpha value is -0.160. The van der Waals surface area contributed by atoms with Crippen molar-refractivity contribution in [3.8, 4) is 0 Å². The highest BCUT2D eigenvalue weighted by atomic mass is 32.2. The van der Waals surface area contributed by atoms with Crippen molar-refractivity contribution in [2.45, 2.75) is 28.4 Å². The second-order valence-electron chi connectivity index (χ2n) is 3.22. The van der Waals surface area contributed by atoms with E-state index in [1.807, 2.05) is 13.8 Å². The van der Waals surface area contributed by atoms with Gasteiger partial charge in [-0.2, -0.15) is 0 Å². The first-order valence-corrected chi connectivity index (χ1v) is 5.37. The molecule has 2 saturated heterocycles. The van der Waals surface area contributed by atoms with Crippen molar-refractivity contribution in [2.75, 3.05) is 0 Å². The molecule has 0 saturated carbocycles. The van der Waals surface area contributed by atoms with Gasteiger partial charge in [0.1, 0.15) is 10.5 Å². The number of esters is 2. The molecule has 0 spiro atoms. The smallest absolute Gasteiger partial charge is 0.328 e. The number of thioether (sulfide) groups is 2. The molecule has 0 N–H and O–H groups in total. The van der Waals surface area contributed by atoms with Crippen LogP contribution < -0.4 is 0 Å². The molecule has 0 aromatic carbocycles. The number of cyclic esters (lactones) is 2. The van der Waals surface area contributed by atoms with E-state index in [9.17, 15) is 9.59 Å². The second-order valence-corrected chi connectivity index (χ2v) is 7.00. The number of rotatable bonds is 0. The Morgan fingerprint density at radius 2 is 1.58 bits per heavy atom. The van der Waals surface area contributed by atoms with Crippen LogP contribution in [0.4, 0.5) is 0 Å². The standard InChI is InChI=1S/C7H8O3S2/c1-7(2)11-3-4(12-7)6(9)10-5(3)8/h3-4H,1-2H3/t3-,4+. The van der Waals surface area contributed by atoms with Gasteiger partial charge in [0.25, 0.3) is 0 Å². The molecule has 12 heavy (non-hydrogen) atoms. The Bertz CT molecular complexity index is 237. The van der Waals surface area contributed by atoms with E-state index in [0.29, 0.717) is 0 Å². The van der Waals surface area contributed by atoms with Crippen LogP contribution in [0.15, 0.2) is 0 Å². The van der Waals surface area contributed by atoms with Gasteiger partial charge in [-0.25, -0.2) is 0 Å². The Morgan fingerprint density at radius 1 is 1.17 bits per heavy atom. The number of ether oxygens (including phenoxy) is 1. The van der Waals surface area contributed by atoms with Crippen LogP contribution in [-0.4, -0.2) is 26.5 Å². The maximum absolute atomic E-state index is 11.1. The first-order valence-electron chi connectivity index (χ1n) is 3.61. The quantitative estimate of drug-likeness (QED) is 0.435. The molecule has 0 radical (unpaired) electrons. The summed E-state index contributed by atoms with van der Waals surface area (Å²) in [6, 6.07) is 0. The fourth-order valence-corrected chi connectivity index (χ4v) is 4.48.